The van der Waals surface area contributed by atoms with Crippen molar-refractivity contribution in [3.63, 3.8) is 0 Å². The smallest absolute Gasteiger partial charge is 0.250 e. The summed E-state index contributed by atoms with van der Waals surface area (Å²) in [6.45, 7) is 30.9. The molecule has 4 aliphatic rings. The lowest BCUT2D eigenvalue weighted by atomic mass is 9.86. The van der Waals surface area contributed by atoms with Crippen molar-refractivity contribution in [2.45, 2.75) is 172 Å². The molecule has 0 amide bonds. The van der Waals surface area contributed by atoms with Gasteiger partial charge in [-0.25, -0.2) is 0 Å². The number of hydrogen-bond acceptors (Lipinski definition) is 2. The van der Waals surface area contributed by atoms with E-state index >= 15 is 0 Å². The van der Waals surface area contributed by atoms with Crippen molar-refractivity contribution in [3.05, 3.63) is 130 Å². The highest BCUT2D eigenvalue weighted by Crippen LogP contribution is 2.56. The fourth-order valence-electron chi connectivity index (χ4n) is 10.7. The molecule has 0 N–H and O–H groups in total. The number of fused-ring (bicyclic) bond motifs is 2. The van der Waals surface area contributed by atoms with Crippen LogP contribution >= 0.6 is 0 Å². The van der Waals surface area contributed by atoms with Gasteiger partial charge >= 0.3 is 0 Å². The molecule has 4 unspecified atom stereocenters. The standard InChI is InChI=1S/C55H73O2Si3/c1-36-30-50-46(42-24-22-40-34-44(28-26-38(40)32-42)56-59(10,11)54(3,4)5)18-14-16-20-48(50)52(36)58(9)53-37(2)31-51-47(19-15-17-21-49(51)53)43-25-23-41-35-45(29-27-39(41)33-43)57-60(12,13)55(6,7)8/h22-35,46-47,52-53H,14-21H2,1-13H3. The van der Waals surface area contributed by atoms with Gasteiger partial charge < -0.3 is 8.85 Å². The van der Waals surface area contributed by atoms with Gasteiger partial charge in [-0.2, -0.15) is 0 Å². The summed E-state index contributed by atoms with van der Waals surface area (Å²) in [6.07, 6.45) is 15.6. The second kappa shape index (κ2) is 16.1. The largest absolute Gasteiger partial charge is 0.543 e. The lowest BCUT2D eigenvalue weighted by Crippen LogP contribution is -2.43. The third-order valence-corrected chi connectivity index (χ3v) is 28.1. The van der Waals surface area contributed by atoms with Crippen LogP contribution in [-0.4, -0.2) is 25.4 Å². The van der Waals surface area contributed by atoms with E-state index in [2.05, 4.69) is 173 Å². The fraction of sp³-hybridized carbons (Fsp3) is 0.491. The average Bonchev–Trinajstić information content (AvgIpc) is 3.48. The van der Waals surface area contributed by atoms with E-state index in [1.807, 2.05) is 0 Å². The highest BCUT2D eigenvalue weighted by atomic mass is 28.4. The van der Waals surface area contributed by atoms with Gasteiger partial charge in [0, 0.05) is 11.8 Å². The molecule has 1 radical (unpaired) electrons. The molecule has 8 rings (SSSR count). The van der Waals surface area contributed by atoms with Crippen molar-refractivity contribution in [1.29, 1.82) is 0 Å². The van der Waals surface area contributed by atoms with E-state index in [4.69, 9.17) is 8.85 Å². The van der Waals surface area contributed by atoms with E-state index in [9.17, 15) is 0 Å². The van der Waals surface area contributed by atoms with Gasteiger partial charge in [0.2, 0.25) is 16.6 Å². The van der Waals surface area contributed by atoms with Crippen LogP contribution in [-0.2, 0) is 0 Å². The summed E-state index contributed by atoms with van der Waals surface area (Å²) >= 11 is 0. The van der Waals surface area contributed by atoms with E-state index in [1.54, 1.807) is 33.4 Å². The quantitative estimate of drug-likeness (QED) is 0.164. The van der Waals surface area contributed by atoms with Gasteiger partial charge in [0.1, 0.15) is 11.5 Å². The van der Waals surface area contributed by atoms with Gasteiger partial charge in [0.25, 0.3) is 0 Å². The maximum Gasteiger partial charge on any atom is 0.250 e. The lowest BCUT2D eigenvalue weighted by molar-refractivity contribution is 0.492. The molecule has 2 nitrogen and oxygen atoms in total. The van der Waals surface area contributed by atoms with Gasteiger partial charge in [0.05, 0.1) is 8.80 Å². The first kappa shape index (κ1) is 43.3. The summed E-state index contributed by atoms with van der Waals surface area (Å²) in [5.41, 5.74) is 14.4. The Morgan fingerprint density at radius 1 is 0.517 bits per heavy atom. The normalized spacial score (nSPS) is 23.1. The van der Waals surface area contributed by atoms with Gasteiger partial charge in [0.15, 0.2) is 0 Å². The van der Waals surface area contributed by atoms with Crippen molar-refractivity contribution in [3.8, 4) is 11.5 Å². The highest BCUT2D eigenvalue weighted by molar-refractivity contribution is 6.75. The van der Waals surface area contributed by atoms with Crippen LogP contribution in [0, 0.1) is 0 Å². The molecular weight excluding hydrogens is 777 g/mol. The first-order valence-electron chi connectivity index (χ1n) is 23.3. The molecule has 0 fully saturated rings. The van der Waals surface area contributed by atoms with Gasteiger partial charge in [-0.1, -0.05) is 144 Å². The van der Waals surface area contributed by atoms with Crippen molar-refractivity contribution in [1.82, 2.24) is 0 Å². The Morgan fingerprint density at radius 3 is 1.27 bits per heavy atom. The summed E-state index contributed by atoms with van der Waals surface area (Å²) in [4.78, 5) is 0. The van der Waals surface area contributed by atoms with Crippen LogP contribution in [0.3, 0.4) is 0 Å². The van der Waals surface area contributed by atoms with E-state index in [0.717, 1.165) is 11.5 Å². The molecule has 0 aliphatic heterocycles. The molecule has 0 bridgehead atoms. The van der Waals surface area contributed by atoms with Gasteiger partial charge in [-0.3, -0.25) is 0 Å². The number of allylic oxidation sites excluding steroid dienone is 8. The summed E-state index contributed by atoms with van der Waals surface area (Å²) in [5.74, 6) is 2.99. The van der Waals surface area contributed by atoms with E-state index in [1.165, 1.54) is 84.0 Å². The first-order chi connectivity index (χ1) is 28.2. The monoisotopic (exact) mass is 849 g/mol. The molecule has 0 heterocycles. The Hall–Kier alpha value is -3.39. The van der Waals surface area contributed by atoms with Crippen LogP contribution in [0.4, 0.5) is 0 Å². The maximum atomic E-state index is 6.71. The predicted octanol–water partition coefficient (Wildman–Crippen LogP) is 17.2. The van der Waals surface area contributed by atoms with Crippen LogP contribution in [0.1, 0.15) is 130 Å². The fourth-order valence-corrected chi connectivity index (χ4v) is 16.4. The molecule has 4 atom stereocenters. The first-order valence-corrected chi connectivity index (χ1v) is 31.3. The maximum absolute atomic E-state index is 6.71. The Labute approximate surface area is 367 Å². The SMILES string of the molecule is CC1=CC2=C(CCCCC2c2ccc3cc(O[Si](C)(C)C(C)(C)C)ccc3c2)C1[Si](C)C1C(C)=CC2=C1CCCCC2c1ccc2cc(O[Si](C)(C)C(C)(C)C)ccc2c1. The van der Waals surface area contributed by atoms with E-state index in [-0.39, 0.29) is 10.1 Å². The molecule has 4 aromatic carbocycles. The second-order valence-electron chi connectivity index (χ2n) is 22.2. The minimum atomic E-state index is -1.90. The summed E-state index contributed by atoms with van der Waals surface area (Å²) in [7, 11) is -4.62. The molecule has 0 saturated carbocycles. The molecule has 5 heteroatoms. The van der Waals surface area contributed by atoms with Crippen LogP contribution in [0.15, 0.2) is 118 Å². The molecule has 317 valence electrons. The topological polar surface area (TPSA) is 18.5 Å². The lowest BCUT2D eigenvalue weighted by Gasteiger charge is -2.36. The zero-order valence-electron chi connectivity index (χ0n) is 39.4. The molecule has 60 heavy (non-hydrogen) atoms. The predicted molar refractivity (Wildman–Crippen MR) is 267 cm³/mol. The van der Waals surface area contributed by atoms with Crippen molar-refractivity contribution < 1.29 is 8.85 Å². The summed E-state index contributed by atoms with van der Waals surface area (Å²) in [6, 6.07) is 28.2. The van der Waals surface area contributed by atoms with Crippen molar-refractivity contribution in [2.24, 2.45) is 0 Å². The molecule has 4 aliphatic carbocycles. The van der Waals surface area contributed by atoms with Crippen molar-refractivity contribution >= 4 is 47.0 Å². The Morgan fingerprint density at radius 2 is 0.883 bits per heavy atom. The summed E-state index contributed by atoms with van der Waals surface area (Å²) in [5, 5.41) is 5.58. The molecule has 0 saturated heterocycles. The Balaban J connectivity index is 1.06. The van der Waals surface area contributed by atoms with Crippen LogP contribution < -0.4 is 8.85 Å². The van der Waals surface area contributed by atoms with Crippen LogP contribution in [0.25, 0.3) is 21.5 Å². The minimum absolute atomic E-state index is 0.177. The highest BCUT2D eigenvalue weighted by Gasteiger charge is 2.43. The Bertz CT molecular complexity index is 2260. The minimum Gasteiger partial charge on any atom is -0.543 e. The third kappa shape index (κ3) is 8.17. The van der Waals surface area contributed by atoms with Crippen LogP contribution in [0.2, 0.25) is 53.9 Å². The average molecular weight is 850 g/mol. The molecule has 0 spiro atoms. The summed E-state index contributed by atoms with van der Waals surface area (Å²) < 4.78 is 13.4. The molecular formula is C55H73O2Si3. The van der Waals surface area contributed by atoms with Crippen LogP contribution in [0.5, 0.6) is 11.5 Å². The van der Waals surface area contributed by atoms with Gasteiger partial charge in [-0.15, -0.1) is 0 Å². The van der Waals surface area contributed by atoms with E-state index in [0.29, 0.717) is 22.9 Å². The molecule has 4 aromatic rings. The zero-order chi connectivity index (χ0) is 42.9. The Kier molecular flexibility index (Phi) is 11.6. The van der Waals surface area contributed by atoms with Gasteiger partial charge in [-0.05, 0) is 168 Å². The second-order valence-corrected chi connectivity index (χ2v) is 34.3. The van der Waals surface area contributed by atoms with E-state index < -0.39 is 25.4 Å². The number of benzene rings is 4. The molecule has 0 aromatic heterocycles. The van der Waals surface area contributed by atoms with Crippen molar-refractivity contribution in [2.75, 3.05) is 0 Å². The third-order valence-electron chi connectivity index (χ3n) is 16.0. The number of hydrogen-bond donors (Lipinski definition) is 0. The number of rotatable bonds is 8. The zero-order valence-corrected chi connectivity index (χ0v) is 42.4.